The van der Waals surface area contributed by atoms with Gasteiger partial charge in [0.05, 0.1) is 5.92 Å². The Bertz CT molecular complexity index is 1280. The van der Waals surface area contributed by atoms with Gasteiger partial charge in [-0.1, -0.05) is 27.4 Å². The molecule has 0 bridgehead atoms. The predicted octanol–water partition coefficient (Wildman–Crippen LogP) is 6.31. The van der Waals surface area contributed by atoms with Gasteiger partial charge in [0.25, 0.3) is 0 Å². The molecule has 2 aromatic carbocycles. The highest BCUT2D eigenvalue weighted by atomic mass is 32.2. The molecule has 0 aliphatic heterocycles. The smallest absolute Gasteiger partial charge is 0.403 e. The SMILES string of the molecule is C=S(C)(=N)c1nc(C(c2ccc(F)c(OC(F)(F)F)c2)c2ccc(F)c(OC(F)(F)F)c2)[nH]c1C. The van der Waals surface area contributed by atoms with Gasteiger partial charge in [-0.05, 0) is 48.6 Å². The van der Waals surface area contributed by atoms with Crippen LogP contribution in [0.15, 0.2) is 41.4 Å². The second-order valence-corrected chi connectivity index (χ2v) is 10.1. The molecule has 0 radical (unpaired) electrons. The van der Waals surface area contributed by atoms with Crippen LogP contribution in [0.3, 0.4) is 0 Å². The van der Waals surface area contributed by atoms with E-state index in [9.17, 15) is 35.1 Å². The molecule has 5 nitrogen and oxygen atoms in total. The van der Waals surface area contributed by atoms with Crippen molar-refractivity contribution < 1.29 is 44.6 Å². The summed E-state index contributed by atoms with van der Waals surface area (Å²) < 4.78 is 120. The van der Waals surface area contributed by atoms with Crippen molar-refractivity contribution >= 4 is 15.3 Å². The molecule has 0 fully saturated rings. The first-order valence-corrected chi connectivity index (χ1v) is 11.7. The lowest BCUT2D eigenvalue weighted by atomic mass is 9.90. The average Bonchev–Trinajstić information content (AvgIpc) is 3.06. The molecule has 0 aliphatic rings. The van der Waals surface area contributed by atoms with E-state index in [4.69, 9.17) is 4.78 Å². The minimum atomic E-state index is -5.22. The lowest BCUT2D eigenvalue weighted by Gasteiger charge is -2.19. The lowest BCUT2D eigenvalue weighted by Crippen LogP contribution is -2.19. The van der Waals surface area contributed by atoms with Gasteiger partial charge in [0.2, 0.25) is 0 Å². The van der Waals surface area contributed by atoms with Gasteiger partial charge in [-0.15, -0.1) is 26.3 Å². The summed E-state index contributed by atoms with van der Waals surface area (Å²) in [5.74, 6) is -2.60. The number of rotatable bonds is 6. The van der Waals surface area contributed by atoms with E-state index in [0.717, 1.165) is 12.1 Å². The largest absolute Gasteiger partial charge is 0.573 e. The van der Waals surface area contributed by atoms with Crippen molar-refractivity contribution in [1.29, 1.82) is 4.78 Å². The van der Waals surface area contributed by atoms with Crippen LogP contribution in [0, 0.1) is 23.3 Å². The fraction of sp³-hybridized carbons (Fsp3) is 0.238. The van der Waals surface area contributed by atoms with Crippen molar-refractivity contribution in [3.05, 3.63) is 70.7 Å². The van der Waals surface area contributed by atoms with Crippen LogP contribution in [0.2, 0.25) is 0 Å². The van der Waals surface area contributed by atoms with E-state index in [1.165, 1.54) is 6.26 Å². The van der Waals surface area contributed by atoms with Gasteiger partial charge in [0.1, 0.15) is 10.9 Å². The van der Waals surface area contributed by atoms with Crippen LogP contribution in [0.25, 0.3) is 0 Å². The number of hydrogen-bond donors (Lipinski definition) is 2. The highest BCUT2D eigenvalue weighted by Crippen LogP contribution is 2.38. The van der Waals surface area contributed by atoms with E-state index in [1.54, 1.807) is 6.92 Å². The summed E-state index contributed by atoms with van der Waals surface area (Å²) in [6.07, 6.45) is -8.95. The van der Waals surface area contributed by atoms with E-state index < -0.39 is 51.2 Å². The zero-order valence-electron chi connectivity index (χ0n) is 17.9. The fourth-order valence-electron chi connectivity index (χ4n) is 3.36. The standard InChI is InChI=1S/C21H17F8N3O2S/c1-10-19(35(2,3)30)32-18(31-10)17(11-4-6-13(22)15(8-11)33-20(24,25)26)12-5-7-14(23)16(9-12)34-21(27,28)29/h4-9,17,30H,2H2,1,3H3,(H,31,32). The molecule has 1 aromatic heterocycles. The van der Waals surface area contributed by atoms with Crippen LogP contribution in [0.4, 0.5) is 35.1 Å². The van der Waals surface area contributed by atoms with Gasteiger partial charge >= 0.3 is 12.7 Å². The van der Waals surface area contributed by atoms with Crippen LogP contribution in [0.1, 0.15) is 28.6 Å². The highest BCUT2D eigenvalue weighted by Gasteiger charge is 2.35. The van der Waals surface area contributed by atoms with E-state index >= 15 is 0 Å². The molecule has 0 spiro atoms. The Morgan fingerprint density at radius 2 is 1.34 bits per heavy atom. The molecule has 2 N–H and O–H groups in total. The number of aromatic amines is 1. The van der Waals surface area contributed by atoms with Gasteiger partial charge in [-0.3, -0.25) is 4.78 Å². The Morgan fingerprint density at radius 3 is 1.69 bits per heavy atom. The monoisotopic (exact) mass is 527 g/mol. The maximum absolute atomic E-state index is 14.0. The first-order valence-electron chi connectivity index (χ1n) is 9.47. The minimum Gasteiger partial charge on any atom is -0.403 e. The second kappa shape index (κ2) is 9.06. The van der Waals surface area contributed by atoms with Crippen LogP contribution >= 0.6 is 0 Å². The van der Waals surface area contributed by atoms with E-state index in [-0.39, 0.29) is 22.0 Å². The summed E-state index contributed by atoms with van der Waals surface area (Å²) in [6, 6.07) is 4.91. The second-order valence-electron chi connectivity index (χ2n) is 7.55. The number of H-pyrrole nitrogens is 1. The van der Waals surface area contributed by atoms with Gasteiger partial charge in [0, 0.05) is 5.69 Å². The zero-order valence-corrected chi connectivity index (χ0v) is 18.8. The molecule has 35 heavy (non-hydrogen) atoms. The number of halogens is 8. The molecule has 3 rings (SSSR count). The number of hydrogen-bond acceptors (Lipinski definition) is 4. The Morgan fingerprint density at radius 1 is 0.914 bits per heavy atom. The molecule has 3 aromatic rings. The molecule has 1 heterocycles. The van der Waals surface area contributed by atoms with Crippen LogP contribution in [0.5, 0.6) is 11.5 Å². The Labute approximate surface area is 194 Å². The maximum atomic E-state index is 14.0. The summed E-state index contributed by atoms with van der Waals surface area (Å²) in [7, 11) is -2.40. The summed E-state index contributed by atoms with van der Waals surface area (Å²) in [5, 5.41) is 0.222. The molecule has 0 saturated heterocycles. The average molecular weight is 527 g/mol. The molecule has 190 valence electrons. The number of benzene rings is 2. The number of aryl methyl sites for hydroxylation is 1. The molecular formula is C21H17F8N3O2S. The van der Waals surface area contributed by atoms with Gasteiger partial charge in [-0.2, -0.15) is 0 Å². The van der Waals surface area contributed by atoms with Crippen molar-refractivity contribution in [2.45, 2.75) is 30.6 Å². The van der Waals surface area contributed by atoms with Crippen molar-refractivity contribution in [2.75, 3.05) is 6.26 Å². The first kappa shape index (κ1) is 26.3. The van der Waals surface area contributed by atoms with Crippen molar-refractivity contribution in [1.82, 2.24) is 9.97 Å². The van der Waals surface area contributed by atoms with E-state index in [1.807, 2.05) is 0 Å². The predicted molar refractivity (Wildman–Crippen MR) is 112 cm³/mol. The quantitative estimate of drug-likeness (QED) is 0.292. The Kier molecular flexibility index (Phi) is 6.81. The molecular weight excluding hydrogens is 510 g/mol. The Hall–Kier alpha value is -3.29. The molecule has 0 aliphatic carbocycles. The van der Waals surface area contributed by atoms with Crippen molar-refractivity contribution in [2.24, 2.45) is 0 Å². The molecule has 0 saturated carbocycles. The normalized spacial score (nSPS) is 14.1. The number of imidazole rings is 1. The van der Waals surface area contributed by atoms with Gasteiger partial charge in [-0.25, -0.2) is 13.8 Å². The maximum Gasteiger partial charge on any atom is 0.573 e. The number of aromatic nitrogens is 2. The molecule has 0 amide bonds. The highest BCUT2D eigenvalue weighted by molar-refractivity contribution is 8.00. The summed E-state index contributed by atoms with van der Waals surface area (Å²) in [4.78, 5) is 7.15. The topological polar surface area (TPSA) is 71.0 Å². The molecule has 1 atom stereocenters. The number of nitrogens with one attached hydrogen (secondary N) is 2. The molecule has 1 unspecified atom stereocenters. The third-order valence-electron chi connectivity index (χ3n) is 4.59. The van der Waals surface area contributed by atoms with Gasteiger partial charge in [0.15, 0.2) is 23.1 Å². The Balaban J connectivity index is 2.25. The molecule has 14 heteroatoms. The lowest BCUT2D eigenvalue weighted by molar-refractivity contribution is -0.276. The third-order valence-corrected chi connectivity index (χ3v) is 5.84. The number of nitrogens with zero attached hydrogens (tertiary/aromatic N) is 1. The third kappa shape index (κ3) is 6.44. The van der Waals surface area contributed by atoms with Gasteiger partial charge < -0.3 is 14.5 Å². The van der Waals surface area contributed by atoms with Crippen LogP contribution < -0.4 is 9.47 Å². The van der Waals surface area contributed by atoms with Crippen LogP contribution in [-0.4, -0.2) is 34.8 Å². The first-order chi connectivity index (χ1) is 15.9. The minimum absolute atomic E-state index is 0.0127. The number of ether oxygens (including phenoxy) is 2. The summed E-state index contributed by atoms with van der Waals surface area (Å²) >= 11 is 0. The van der Waals surface area contributed by atoms with Crippen molar-refractivity contribution in [3.63, 3.8) is 0 Å². The summed E-state index contributed by atoms with van der Waals surface area (Å²) in [6.45, 7) is 1.56. The van der Waals surface area contributed by atoms with Crippen molar-refractivity contribution in [3.8, 4) is 11.5 Å². The van der Waals surface area contributed by atoms with E-state index in [0.29, 0.717) is 30.0 Å². The fourth-order valence-corrected chi connectivity index (χ4v) is 4.38. The number of alkyl halides is 6. The van der Waals surface area contributed by atoms with Crippen LogP contribution in [-0.2, 0) is 9.41 Å². The zero-order chi connectivity index (χ0) is 26.3. The summed E-state index contributed by atoms with van der Waals surface area (Å²) in [5.41, 5.74) is 0.220. The van der Waals surface area contributed by atoms with E-state index in [2.05, 4.69) is 25.3 Å².